The second-order valence-electron chi connectivity index (χ2n) is 6.14. The standard InChI is InChI=1S/C17H14ClN7O3/c18-13-10(16(26)21-11-9-20-25-3-1-2-19-15(11)25)8-12-14(22-13)23-17(28-12)24-4-6-27-7-5-24/h1-3,8-9H,4-7H2,(H,21,26). The van der Waals surface area contributed by atoms with Crippen LogP contribution in [-0.2, 0) is 4.74 Å². The monoisotopic (exact) mass is 399 g/mol. The Bertz CT molecular complexity index is 1180. The lowest BCUT2D eigenvalue weighted by atomic mass is 10.2. The first-order valence-electron chi connectivity index (χ1n) is 8.58. The predicted octanol–water partition coefficient (Wildman–Crippen LogP) is 2.01. The quantitative estimate of drug-likeness (QED) is 0.521. The van der Waals surface area contributed by atoms with Crippen LogP contribution in [-0.4, -0.2) is 56.8 Å². The Labute approximate surface area is 163 Å². The van der Waals surface area contributed by atoms with Crippen molar-refractivity contribution in [3.63, 3.8) is 0 Å². The molecule has 11 heteroatoms. The molecular formula is C17H14ClN7O3. The van der Waals surface area contributed by atoms with E-state index in [1.54, 1.807) is 23.0 Å². The van der Waals surface area contributed by atoms with Crippen molar-refractivity contribution >= 4 is 46.1 Å². The largest absolute Gasteiger partial charge is 0.422 e. The van der Waals surface area contributed by atoms with Gasteiger partial charge in [0.25, 0.3) is 11.9 Å². The van der Waals surface area contributed by atoms with Crippen molar-refractivity contribution in [3.05, 3.63) is 41.4 Å². The van der Waals surface area contributed by atoms with Gasteiger partial charge in [0.1, 0.15) is 10.8 Å². The third-order valence-electron chi connectivity index (χ3n) is 4.38. The van der Waals surface area contributed by atoms with Crippen LogP contribution >= 0.6 is 11.6 Å². The molecule has 0 saturated carbocycles. The van der Waals surface area contributed by atoms with Crippen LogP contribution in [0, 0.1) is 0 Å². The number of ether oxygens (including phenoxy) is 1. The molecule has 28 heavy (non-hydrogen) atoms. The number of nitrogens with one attached hydrogen (secondary N) is 1. The highest BCUT2D eigenvalue weighted by Crippen LogP contribution is 2.26. The fraction of sp³-hybridized carbons (Fsp3) is 0.235. The number of morpholine rings is 1. The molecule has 5 heterocycles. The number of carbonyl (C=O) groups is 1. The Kier molecular flexibility index (Phi) is 4.06. The number of oxazole rings is 1. The third kappa shape index (κ3) is 2.92. The molecule has 1 N–H and O–H groups in total. The number of aromatic nitrogens is 5. The molecule has 0 radical (unpaired) electrons. The fourth-order valence-corrected chi connectivity index (χ4v) is 3.21. The molecule has 0 spiro atoms. The van der Waals surface area contributed by atoms with Gasteiger partial charge in [0.15, 0.2) is 11.2 Å². The molecule has 4 aromatic heterocycles. The SMILES string of the molecule is O=C(Nc1cnn2cccnc12)c1cc2oc(N3CCOCC3)nc2nc1Cl. The van der Waals surface area contributed by atoms with Crippen molar-refractivity contribution in [1.29, 1.82) is 0 Å². The Morgan fingerprint density at radius 3 is 2.96 bits per heavy atom. The molecule has 0 aromatic carbocycles. The number of pyridine rings is 1. The first-order valence-corrected chi connectivity index (χ1v) is 8.96. The normalized spacial score (nSPS) is 14.7. The van der Waals surface area contributed by atoms with Crippen LogP contribution in [0.2, 0.25) is 5.15 Å². The second kappa shape index (κ2) is 6.73. The maximum Gasteiger partial charge on any atom is 0.300 e. The van der Waals surface area contributed by atoms with Crippen molar-refractivity contribution in [3.8, 4) is 0 Å². The van der Waals surface area contributed by atoms with Gasteiger partial charge >= 0.3 is 0 Å². The molecule has 1 amide bonds. The zero-order valence-corrected chi connectivity index (χ0v) is 15.3. The summed E-state index contributed by atoms with van der Waals surface area (Å²) in [5.74, 6) is -0.440. The summed E-state index contributed by atoms with van der Waals surface area (Å²) in [6, 6.07) is 3.72. The van der Waals surface area contributed by atoms with Crippen molar-refractivity contribution < 1.29 is 13.9 Å². The van der Waals surface area contributed by atoms with E-state index in [0.29, 0.717) is 54.9 Å². The Hall–Kier alpha value is -3.24. The molecule has 1 saturated heterocycles. The van der Waals surface area contributed by atoms with Gasteiger partial charge in [0, 0.05) is 31.5 Å². The number of amides is 1. The Balaban J connectivity index is 1.46. The summed E-state index contributed by atoms with van der Waals surface area (Å²) in [5.41, 5.74) is 1.90. The predicted molar refractivity (Wildman–Crippen MR) is 101 cm³/mol. The van der Waals surface area contributed by atoms with Gasteiger partial charge in [0.2, 0.25) is 5.65 Å². The average molecular weight is 400 g/mol. The van der Waals surface area contributed by atoms with Gasteiger partial charge in [-0.3, -0.25) is 4.79 Å². The highest BCUT2D eigenvalue weighted by molar-refractivity contribution is 6.33. The third-order valence-corrected chi connectivity index (χ3v) is 4.67. The summed E-state index contributed by atoms with van der Waals surface area (Å²) < 4.78 is 12.7. The van der Waals surface area contributed by atoms with E-state index in [0.717, 1.165) is 0 Å². The summed E-state index contributed by atoms with van der Waals surface area (Å²) in [6.45, 7) is 2.56. The van der Waals surface area contributed by atoms with E-state index in [-0.39, 0.29) is 10.7 Å². The van der Waals surface area contributed by atoms with E-state index in [2.05, 4.69) is 25.4 Å². The lowest BCUT2D eigenvalue weighted by molar-refractivity contribution is 0.102. The number of nitrogens with zero attached hydrogens (tertiary/aromatic N) is 6. The molecule has 0 aliphatic carbocycles. The minimum atomic E-state index is -0.440. The molecule has 0 unspecified atom stereocenters. The molecule has 0 atom stereocenters. The summed E-state index contributed by atoms with van der Waals surface area (Å²) in [7, 11) is 0. The van der Waals surface area contributed by atoms with Crippen molar-refractivity contribution in [1.82, 2.24) is 24.6 Å². The first kappa shape index (κ1) is 16.9. The smallest absolute Gasteiger partial charge is 0.300 e. The van der Waals surface area contributed by atoms with Crippen LogP contribution in [0.4, 0.5) is 11.7 Å². The zero-order valence-electron chi connectivity index (χ0n) is 14.5. The average Bonchev–Trinajstić information content (AvgIpc) is 3.32. The van der Waals surface area contributed by atoms with E-state index in [1.165, 1.54) is 12.3 Å². The fourth-order valence-electron chi connectivity index (χ4n) is 2.98. The van der Waals surface area contributed by atoms with Gasteiger partial charge in [-0.25, -0.2) is 14.5 Å². The van der Waals surface area contributed by atoms with Gasteiger partial charge in [-0.15, -0.1) is 0 Å². The van der Waals surface area contributed by atoms with E-state index in [4.69, 9.17) is 20.8 Å². The number of anilines is 2. The number of rotatable bonds is 3. The summed E-state index contributed by atoms with van der Waals surface area (Å²) in [4.78, 5) is 27.5. The van der Waals surface area contributed by atoms with E-state index >= 15 is 0 Å². The number of carbonyl (C=O) groups excluding carboxylic acids is 1. The van der Waals surface area contributed by atoms with Gasteiger partial charge in [-0.2, -0.15) is 10.1 Å². The summed E-state index contributed by atoms with van der Waals surface area (Å²) >= 11 is 6.23. The zero-order chi connectivity index (χ0) is 19.1. The highest BCUT2D eigenvalue weighted by atomic mass is 35.5. The molecule has 4 aromatic rings. The number of hydrogen-bond acceptors (Lipinski definition) is 8. The molecule has 1 aliphatic rings. The Morgan fingerprint density at radius 2 is 2.11 bits per heavy atom. The number of hydrogen-bond donors (Lipinski definition) is 1. The van der Waals surface area contributed by atoms with Gasteiger partial charge in [-0.05, 0) is 6.07 Å². The van der Waals surface area contributed by atoms with Crippen molar-refractivity contribution in [2.24, 2.45) is 0 Å². The van der Waals surface area contributed by atoms with E-state index < -0.39 is 5.91 Å². The van der Waals surface area contributed by atoms with Crippen LogP contribution in [0.3, 0.4) is 0 Å². The minimum Gasteiger partial charge on any atom is -0.422 e. The molecule has 5 rings (SSSR count). The van der Waals surface area contributed by atoms with E-state index in [1.807, 2.05) is 4.90 Å². The van der Waals surface area contributed by atoms with Gasteiger partial charge < -0.3 is 19.4 Å². The minimum absolute atomic E-state index is 0.0382. The lowest BCUT2D eigenvalue weighted by Crippen LogP contribution is -2.36. The summed E-state index contributed by atoms with van der Waals surface area (Å²) in [5, 5.41) is 6.94. The number of halogens is 1. The lowest BCUT2D eigenvalue weighted by Gasteiger charge is -2.24. The van der Waals surface area contributed by atoms with Crippen LogP contribution in [0.25, 0.3) is 16.9 Å². The van der Waals surface area contributed by atoms with Crippen molar-refractivity contribution in [2.75, 3.05) is 36.5 Å². The Morgan fingerprint density at radius 1 is 1.25 bits per heavy atom. The molecule has 1 aliphatic heterocycles. The maximum absolute atomic E-state index is 12.7. The second-order valence-corrected chi connectivity index (χ2v) is 6.50. The molecule has 0 bridgehead atoms. The highest BCUT2D eigenvalue weighted by Gasteiger charge is 2.21. The maximum atomic E-state index is 12.7. The van der Waals surface area contributed by atoms with Gasteiger partial charge in [-0.1, -0.05) is 11.6 Å². The topological polar surface area (TPSA) is 111 Å². The van der Waals surface area contributed by atoms with Crippen LogP contribution in [0.15, 0.2) is 35.1 Å². The van der Waals surface area contributed by atoms with Crippen LogP contribution in [0.1, 0.15) is 10.4 Å². The summed E-state index contributed by atoms with van der Waals surface area (Å²) in [6.07, 6.45) is 4.88. The molecule has 10 nitrogen and oxygen atoms in total. The van der Waals surface area contributed by atoms with Crippen LogP contribution < -0.4 is 10.2 Å². The van der Waals surface area contributed by atoms with Gasteiger partial charge in [0.05, 0.1) is 25.0 Å². The van der Waals surface area contributed by atoms with E-state index in [9.17, 15) is 4.79 Å². The molecular weight excluding hydrogens is 386 g/mol. The number of fused-ring (bicyclic) bond motifs is 2. The molecule has 1 fully saturated rings. The van der Waals surface area contributed by atoms with Crippen molar-refractivity contribution in [2.45, 2.75) is 0 Å². The molecule has 142 valence electrons. The first-order chi connectivity index (χ1) is 13.7. The van der Waals surface area contributed by atoms with Crippen LogP contribution in [0.5, 0.6) is 0 Å².